The van der Waals surface area contributed by atoms with Gasteiger partial charge in [-0.1, -0.05) is 12.2 Å². The molecule has 2 atom stereocenters. The smallest absolute Gasteiger partial charge is 0.412 e. The van der Waals surface area contributed by atoms with Crippen molar-refractivity contribution in [2.24, 2.45) is 4.99 Å². The lowest BCUT2D eigenvalue weighted by molar-refractivity contribution is -0.135. The number of hydrogen-bond donors (Lipinski definition) is 2. The summed E-state index contributed by atoms with van der Waals surface area (Å²) in [6.45, 7) is 0. The number of nitrogens with one attached hydrogen (secondary N) is 1. The average Bonchev–Trinajstić information content (AvgIpc) is 2.67. The van der Waals surface area contributed by atoms with E-state index in [1.165, 1.54) is 17.8 Å². The van der Waals surface area contributed by atoms with Crippen LogP contribution in [0, 0.1) is 0 Å². The second-order valence-electron chi connectivity index (χ2n) is 7.31. The summed E-state index contributed by atoms with van der Waals surface area (Å²) in [6, 6.07) is -0.487. The minimum absolute atomic E-state index is 0.0264. The second-order valence-corrected chi connectivity index (χ2v) is 8.54. The Hall–Kier alpha value is -1.70. The quantitative estimate of drug-likeness (QED) is 0.576. The van der Waals surface area contributed by atoms with E-state index >= 15 is 0 Å². The van der Waals surface area contributed by atoms with E-state index in [2.05, 4.69) is 16.4 Å². The third kappa shape index (κ3) is 5.43. The summed E-state index contributed by atoms with van der Waals surface area (Å²) < 4.78 is 39.1. The maximum Gasteiger partial charge on any atom is 0.412 e. The summed E-state index contributed by atoms with van der Waals surface area (Å²) in [5.74, 6) is -0.509. The maximum atomic E-state index is 13.0. The van der Waals surface area contributed by atoms with Crippen molar-refractivity contribution in [2.75, 3.05) is 0 Å². The van der Waals surface area contributed by atoms with Crippen molar-refractivity contribution in [3.05, 3.63) is 34.0 Å². The average molecular weight is 414 g/mol. The number of rotatable bonds is 6. The van der Waals surface area contributed by atoms with Crippen molar-refractivity contribution < 1.29 is 23.1 Å². The van der Waals surface area contributed by atoms with Crippen molar-refractivity contribution in [3.8, 4) is 0 Å². The molecule has 0 bridgehead atoms. The van der Waals surface area contributed by atoms with Crippen LogP contribution in [0.1, 0.15) is 57.8 Å². The normalized spacial score (nSPS) is 24.5. The highest BCUT2D eigenvalue weighted by Crippen LogP contribution is 2.37. The Bertz CT molecular complexity index is 725. The molecule has 3 aliphatic rings. The zero-order valence-electron chi connectivity index (χ0n) is 15.6. The third-order valence-corrected chi connectivity index (χ3v) is 6.57. The maximum absolute atomic E-state index is 13.0. The van der Waals surface area contributed by atoms with Crippen LogP contribution in [-0.4, -0.2) is 34.8 Å². The lowest BCUT2D eigenvalue weighted by atomic mass is 9.95. The Morgan fingerprint density at radius 3 is 2.71 bits per heavy atom. The fourth-order valence-electron chi connectivity index (χ4n) is 3.75. The van der Waals surface area contributed by atoms with Crippen molar-refractivity contribution >= 4 is 23.9 Å². The van der Waals surface area contributed by atoms with Crippen molar-refractivity contribution in [3.63, 3.8) is 0 Å². The molecule has 0 aromatic rings. The van der Waals surface area contributed by atoms with Gasteiger partial charge in [-0.15, -0.1) is 11.8 Å². The fraction of sp³-hybridized carbons (Fsp3) is 0.600. The van der Waals surface area contributed by atoms with Gasteiger partial charge < -0.3 is 10.4 Å². The lowest BCUT2D eigenvalue weighted by Gasteiger charge is -2.28. The Balaban J connectivity index is 1.82. The number of carboxylic acids is 1. The van der Waals surface area contributed by atoms with Gasteiger partial charge >= 0.3 is 12.1 Å². The van der Waals surface area contributed by atoms with Gasteiger partial charge in [0.25, 0.3) is 0 Å². The molecule has 0 radical (unpaired) electrons. The molecule has 28 heavy (non-hydrogen) atoms. The first-order chi connectivity index (χ1) is 13.3. The van der Waals surface area contributed by atoms with E-state index in [0.29, 0.717) is 37.1 Å². The fourth-order valence-corrected chi connectivity index (χ4v) is 5.00. The molecule has 0 fully saturated rings. The highest BCUT2D eigenvalue weighted by molar-refractivity contribution is 8.04. The van der Waals surface area contributed by atoms with E-state index in [0.717, 1.165) is 30.6 Å². The summed E-state index contributed by atoms with van der Waals surface area (Å²) in [6.07, 6.45) is 6.96. The topological polar surface area (TPSA) is 61.7 Å². The number of alkyl halides is 3. The van der Waals surface area contributed by atoms with Gasteiger partial charge in [-0.3, -0.25) is 4.79 Å². The van der Waals surface area contributed by atoms with E-state index in [1.807, 2.05) is 0 Å². The van der Waals surface area contributed by atoms with Crippen LogP contribution in [0.4, 0.5) is 13.2 Å². The Kier molecular flexibility index (Phi) is 6.91. The second kappa shape index (κ2) is 9.20. The molecule has 0 aromatic heterocycles. The number of aliphatic carboxylic acids is 1. The van der Waals surface area contributed by atoms with Gasteiger partial charge in [0.05, 0.1) is 0 Å². The van der Waals surface area contributed by atoms with Crippen LogP contribution in [0.25, 0.3) is 0 Å². The predicted molar refractivity (Wildman–Crippen MR) is 105 cm³/mol. The molecule has 154 valence electrons. The number of aliphatic imine (C=N–C) groups is 1. The highest BCUT2D eigenvalue weighted by atomic mass is 32.2. The van der Waals surface area contributed by atoms with Crippen molar-refractivity contribution in [1.29, 1.82) is 0 Å². The van der Waals surface area contributed by atoms with Gasteiger partial charge in [0.15, 0.2) is 0 Å². The molecule has 2 N–H and O–H groups in total. The molecule has 1 heterocycles. The molecule has 0 saturated carbocycles. The summed E-state index contributed by atoms with van der Waals surface area (Å²) in [5.41, 5.74) is 0.147. The van der Waals surface area contributed by atoms with Gasteiger partial charge in [-0.2, -0.15) is 13.2 Å². The van der Waals surface area contributed by atoms with E-state index in [-0.39, 0.29) is 6.42 Å². The number of carbonyl (C=O) groups is 1. The molecule has 0 spiro atoms. The van der Waals surface area contributed by atoms with Gasteiger partial charge in [0.1, 0.15) is 11.1 Å². The molecule has 1 aliphatic heterocycles. The molecule has 0 amide bonds. The van der Waals surface area contributed by atoms with Crippen LogP contribution in [0.2, 0.25) is 0 Å². The van der Waals surface area contributed by atoms with E-state index < -0.39 is 29.0 Å². The molecular formula is C20H25F3N2O2S. The first-order valence-electron chi connectivity index (χ1n) is 9.73. The Morgan fingerprint density at radius 2 is 2.04 bits per heavy atom. The Morgan fingerprint density at radius 1 is 1.21 bits per heavy atom. The number of nitrogens with zero attached hydrogens (tertiary/aromatic N) is 1. The van der Waals surface area contributed by atoms with Crippen molar-refractivity contribution in [2.45, 2.75) is 75.3 Å². The van der Waals surface area contributed by atoms with Crippen LogP contribution in [-0.2, 0) is 4.79 Å². The van der Waals surface area contributed by atoms with Crippen LogP contribution in [0.5, 0.6) is 0 Å². The van der Waals surface area contributed by atoms with Crippen LogP contribution in [0.15, 0.2) is 39.0 Å². The number of halogens is 3. The summed E-state index contributed by atoms with van der Waals surface area (Å²) in [7, 11) is 0. The minimum Gasteiger partial charge on any atom is -0.480 e. The standard InChI is InChI=1S/C20H25F3N2O2S/c21-20(22,23)13-6-4-7-14(12-13)25-18-16(10-5-11-24-18)17(19(26)27)28-15-8-2-1-3-9-15/h8,11-12,14,17,25H,1-7,9-10H2,(H,26,27). The minimum atomic E-state index is -4.32. The molecule has 0 aromatic carbocycles. The Labute approximate surface area is 167 Å². The molecule has 4 nitrogen and oxygen atoms in total. The zero-order valence-corrected chi connectivity index (χ0v) is 16.4. The number of carboxylic acid groups (broad SMARTS) is 1. The third-order valence-electron chi connectivity index (χ3n) is 5.18. The van der Waals surface area contributed by atoms with Gasteiger partial charge in [-0.05, 0) is 68.3 Å². The van der Waals surface area contributed by atoms with Gasteiger partial charge in [0.2, 0.25) is 0 Å². The molecule has 2 aliphatic carbocycles. The predicted octanol–water partition coefficient (Wildman–Crippen LogP) is 5.34. The van der Waals surface area contributed by atoms with Crippen LogP contribution in [0.3, 0.4) is 0 Å². The molecule has 0 saturated heterocycles. The number of thioether (sulfide) groups is 1. The lowest BCUT2D eigenvalue weighted by Crippen LogP contribution is -2.34. The molecular weight excluding hydrogens is 389 g/mol. The first-order valence-corrected chi connectivity index (χ1v) is 10.6. The number of hydrogen-bond acceptors (Lipinski definition) is 4. The number of allylic oxidation sites excluding steroid dienone is 3. The van der Waals surface area contributed by atoms with Gasteiger partial charge in [0, 0.05) is 17.8 Å². The molecule has 8 heteroatoms. The first kappa shape index (κ1) is 21.0. The van der Waals surface area contributed by atoms with Gasteiger partial charge in [-0.25, -0.2) is 4.99 Å². The summed E-state index contributed by atoms with van der Waals surface area (Å²) in [5, 5.41) is 12.1. The van der Waals surface area contributed by atoms with Crippen LogP contribution >= 0.6 is 11.8 Å². The SMILES string of the molecule is O=C(O)C(SC1=CCCCC1)C1=C(NC2C=C(C(F)(F)F)CCC2)N=CCC1. The summed E-state index contributed by atoms with van der Waals surface area (Å²) >= 11 is 1.35. The molecule has 2 unspecified atom stereocenters. The molecule has 3 rings (SSSR count). The van der Waals surface area contributed by atoms with E-state index in [1.54, 1.807) is 6.21 Å². The van der Waals surface area contributed by atoms with E-state index in [9.17, 15) is 23.1 Å². The monoisotopic (exact) mass is 414 g/mol. The largest absolute Gasteiger partial charge is 0.480 e. The van der Waals surface area contributed by atoms with E-state index in [4.69, 9.17) is 0 Å². The summed E-state index contributed by atoms with van der Waals surface area (Å²) in [4.78, 5) is 17.4. The highest BCUT2D eigenvalue weighted by Gasteiger charge is 2.36. The zero-order chi connectivity index (χ0) is 20.1. The van der Waals surface area contributed by atoms with Crippen molar-refractivity contribution in [1.82, 2.24) is 5.32 Å². The van der Waals surface area contributed by atoms with Crippen LogP contribution < -0.4 is 5.32 Å².